The van der Waals surface area contributed by atoms with Crippen LogP contribution in [-0.4, -0.2) is 70.5 Å². The van der Waals surface area contributed by atoms with E-state index in [0.717, 1.165) is 61.8 Å². The molecule has 2 aromatic rings. The second kappa shape index (κ2) is 18.0. The molecule has 4 aliphatic rings. The third-order valence-electron chi connectivity index (χ3n) is 11.5. The highest BCUT2D eigenvalue weighted by Crippen LogP contribution is 2.62. The Hall–Kier alpha value is -3.73. The number of benzene rings is 2. The van der Waals surface area contributed by atoms with E-state index in [9.17, 15) is 19.4 Å². The highest BCUT2D eigenvalue weighted by atomic mass is 19.1. The third-order valence-corrected chi connectivity index (χ3v) is 11.5. The molecule has 9 nitrogen and oxygen atoms in total. The zero-order chi connectivity index (χ0) is 39.2. The molecule has 2 N–H and O–H groups in total. The van der Waals surface area contributed by atoms with Gasteiger partial charge >= 0.3 is 0 Å². The molecule has 0 aromatic heterocycles. The first-order chi connectivity index (χ1) is 26.5. The minimum Gasteiger partial charge on any atom is -0.489 e. The van der Waals surface area contributed by atoms with Crippen LogP contribution in [0.4, 0.5) is 4.39 Å². The van der Waals surface area contributed by atoms with Crippen molar-refractivity contribution in [2.45, 2.75) is 122 Å². The summed E-state index contributed by atoms with van der Waals surface area (Å²) in [5.41, 5.74) is 2.67. The maximum atomic E-state index is 14.7. The fourth-order valence-electron chi connectivity index (χ4n) is 8.93. The Bertz CT molecular complexity index is 1700. The van der Waals surface area contributed by atoms with E-state index in [1.807, 2.05) is 43.9 Å². The van der Waals surface area contributed by atoms with Crippen LogP contribution in [0.15, 0.2) is 71.9 Å². The summed E-state index contributed by atoms with van der Waals surface area (Å²) in [5.74, 6) is -0.566. The van der Waals surface area contributed by atoms with Crippen LogP contribution in [-0.2, 0) is 21.0 Å². The van der Waals surface area contributed by atoms with E-state index in [0.29, 0.717) is 42.9 Å². The molecule has 6 rings (SSSR count). The lowest BCUT2D eigenvalue weighted by Gasteiger charge is -2.60. The molecule has 0 bridgehead atoms. The average Bonchev–Trinajstić information content (AvgIpc) is 4.02. The molecule has 6 atom stereocenters. The number of rotatable bonds is 19. The summed E-state index contributed by atoms with van der Waals surface area (Å²) < 4.78 is 35.3. The average molecular weight is 761 g/mol. The molecule has 2 saturated carbocycles. The molecule has 0 spiro atoms. The van der Waals surface area contributed by atoms with E-state index in [4.69, 9.17) is 24.2 Å². The Kier molecular flexibility index (Phi) is 13.4. The van der Waals surface area contributed by atoms with Gasteiger partial charge in [-0.2, -0.15) is 0 Å². The summed E-state index contributed by atoms with van der Waals surface area (Å²) in [4.78, 5) is 22.5. The summed E-state index contributed by atoms with van der Waals surface area (Å²) in [7, 11) is 0. The van der Waals surface area contributed by atoms with E-state index in [1.54, 1.807) is 24.3 Å². The van der Waals surface area contributed by atoms with Crippen molar-refractivity contribution < 1.29 is 38.4 Å². The number of allylic oxidation sites excluding steroid dienone is 1. The third kappa shape index (κ3) is 9.13. The molecular formula is C45H61FN2O7. The van der Waals surface area contributed by atoms with Gasteiger partial charge in [0.05, 0.1) is 18.2 Å². The van der Waals surface area contributed by atoms with Gasteiger partial charge in [-0.1, -0.05) is 55.3 Å². The molecule has 1 amide bonds. The highest BCUT2D eigenvalue weighted by Gasteiger charge is 2.65. The zero-order valence-corrected chi connectivity index (χ0v) is 33.2. The summed E-state index contributed by atoms with van der Waals surface area (Å²) >= 11 is 0. The zero-order valence-electron chi connectivity index (χ0n) is 33.2. The maximum absolute atomic E-state index is 14.7. The second-order valence-electron chi connectivity index (χ2n) is 16.7. The van der Waals surface area contributed by atoms with Gasteiger partial charge in [0.2, 0.25) is 11.7 Å². The van der Waals surface area contributed by atoms with Gasteiger partial charge in [0.1, 0.15) is 35.6 Å². The van der Waals surface area contributed by atoms with E-state index in [2.05, 4.69) is 19.6 Å². The first-order valence-corrected chi connectivity index (χ1v) is 20.5. The van der Waals surface area contributed by atoms with Crippen molar-refractivity contribution in [2.24, 2.45) is 28.8 Å². The number of carbonyl (C=O) groups is 1. The van der Waals surface area contributed by atoms with Crippen LogP contribution < -0.4 is 9.47 Å². The molecule has 6 unspecified atom stereocenters. The van der Waals surface area contributed by atoms with E-state index < -0.39 is 17.4 Å². The van der Waals surface area contributed by atoms with Crippen LogP contribution in [0.25, 0.3) is 0 Å². The number of carbonyl (C=O) groups excluding carboxylic acids is 1. The number of halogens is 1. The van der Waals surface area contributed by atoms with Gasteiger partial charge in [-0.15, -0.1) is 6.58 Å². The standard InChI is InChI=1S/C45H61FN2O7/c1-6-22-48(43(51)30-18-19-30)40-28-38(47-55-44(3,4)5)35-26-31(14-10-12-23-49)34(16-11-13-24-50)41-36-27-33(52-29-32-15-8-9-17-37(32)46)20-21-39(36)54-45(40,42(35)41)53-25-7-2/h7-9,15,17,20-21,26-27,30-31,34,40-42,49-50H,2,6,10-14,16,18-19,22-25,28-29H2,1,3-5H3. The van der Waals surface area contributed by atoms with Crippen molar-refractivity contribution in [1.29, 1.82) is 0 Å². The maximum Gasteiger partial charge on any atom is 0.239 e. The van der Waals surface area contributed by atoms with Crippen LogP contribution in [0, 0.1) is 29.5 Å². The normalized spacial score (nSPS) is 26.3. The van der Waals surface area contributed by atoms with Crippen LogP contribution in [0.2, 0.25) is 0 Å². The van der Waals surface area contributed by atoms with Crippen molar-refractivity contribution in [3.63, 3.8) is 0 Å². The van der Waals surface area contributed by atoms with Gasteiger partial charge in [-0.3, -0.25) is 4.79 Å². The van der Waals surface area contributed by atoms with Crippen LogP contribution >= 0.6 is 0 Å². The SMILES string of the molecule is C=CCOC12Oc3ccc(OCc4ccccc4F)cc3C3C(CCCCO)C(CCCCO)C=C(C(=NOC(C)(C)C)CC1N(CCC)C(=O)C1CC1)C32. The number of fused-ring (bicyclic) bond motifs is 2. The van der Waals surface area contributed by atoms with Gasteiger partial charge in [0.15, 0.2) is 0 Å². The highest BCUT2D eigenvalue weighted by molar-refractivity contribution is 6.03. The van der Waals surface area contributed by atoms with E-state index in [1.165, 1.54) is 6.07 Å². The van der Waals surface area contributed by atoms with E-state index >= 15 is 0 Å². The number of aliphatic hydroxyl groups is 2. The molecule has 1 aliphatic heterocycles. The van der Waals surface area contributed by atoms with Crippen LogP contribution in [0.3, 0.4) is 0 Å². The van der Waals surface area contributed by atoms with Crippen LogP contribution in [0.5, 0.6) is 11.5 Å². The molecule has 0 radical (unpaired) electrons. The van der Waals surface area contributed by atoms with Gasteiger partial charge in [-0.25, -0.2) is 4.39 Å². The quantitative estimate of drug-likeness (QED) is 0.0840. The molecular weight excluding hydrogens is 699 g/mol. The summed E-state index contributed by atoms with van der Waals surface area (Å²) in [5, 5.41) is 24.6. The first-order valence-electron chi connectivity index (χ1n) is 20.5. The number of nitrogens with zero attached hydrogens (tertiary/aromatic N) is 2. The van der Waals surface area contributed by atoms with Crippen molar-refractivity contribution in [2.75, 3.05) is 26.4 Å². The monoisotopic (exact) mass is 760 g/mol. The largest absolute Gasteiger partial charge is 0.489 e. The molecule has 2 fully saturated rings. The Morgan fingerprint density at radius 1 is 1.09 bits per heavy atom. The van der Waals surface area contributed by atoms with Crippen molar-refractivity contribution in [1.82, 2.24) is 4.90 Å². The number of oxime groups is 1. The van der Waals surface area contributed by atoms with Gasteiger partial charge in [0.25, 0.3) is 0 Å². The van der Waals surface area contributed by atoms with Gasteiger partial charge in [0, 0.05) is 49.1 Å². The lowest BCUT2D eigenvalue weighted by atomic mass is 9.55. The minimum atomic E-state index is -1.28. The predicted octanol–water partition coefficient (Wildman–Crippen LogP) is 8.49. The number of aliphatic hydroxyl groups excluding tert-OH is 2. The van der Waals surface area contributed by atoms with E-state index in [-0.39, 0.29) is 67.7 Å². The lowest BCUT2D eigenvalue weighted by molar-refractivity contribution is -0.257. The van der Waals surface area contributed by atoms with Crippen LogP contribution in [0.1, 0.15) is 109 Å². The molecule has 2 aromatic carbocycles. The molecule has 55 heavy (non-hydrogen) atoms. The lowest BCUT2D eigenvalue weighted by Crippen LogP contribution is -2.70. The predicted molar refractivity (Wildman–Crippen MR) is 211 cm³/mol. The Morgan fingerprint density at radius 2 is 1.84 bits per heavy atom. The summed E-state index contributed by atoms with van der Waals surface area (Å²) in [6, 6.07) is 11.9. The fraction of sp³-hybridized carbons (Fsp3) is 0.600. The second-order valence-corrected chi connectivity index (χ2v) is 16.7. The van der Waals surface area contributed by atoms with Crippen molar-refractivity contribution >= 4 is 11.6 Å². The van der Waals surface area contributed by atoms with Gasteiger partial charge in [-0.05, 0) is 107 Å². The molecule has 1 heterocycles. The Balaban J connectivity index is 1.57. The number of unbranched alkanes of at least 4 members (excludes halogenated alkanes) is 2. The molecule has 10 heteroatoms. The smallest absolute Gasteiger partial charge is 0.239 e. The summed E-state index contributed by atoms with van der Waals surface area (Å²) in [6.07, 6.45) is 11.7. The minimum absolute atomic E-state index is 0.0134. The number of hydrogen-bond donors (Lipinski definition) is 2. The number of ether oxygens (including phenoxy) is 3. The van der Waals surface area contributed by atoms with Crippen molar-refractivity contribution in [3.05, 3.63) is 83.7 Å². The number of amides is 1. The first kappa shape index (κ1) is 40.9. The fourth-order valence-corrected chi connectivity index (χ4v) is 8.93. The topological polar surface area (TPSA) is 110 Å². The summed E-state index contributed by atoms with van der Waals surface area (Å²) in [6.45, 7) is 13.1. The molecule has 0 saturated heterocycles. The Morgan fingerprint density at radius 3 is 2.51 bits per heavy atom. The van der Waals surface area contributed by atoms with Crippen molar-refractivity contribution in [3.8, 4) is 11.5 Å². The van der Waals surface area contributed by atoms with Gasteiger partial charge < -0.3 is 34.2 Å². The molecule has 300 valence electrons. The Labute approximate surface area is 326 Å². The molecule has 3 aliphatic carbocycles. The number of hydrogen-bond acceptors (Lipinski definition) is 8.